The molecule has 0 bridgehead atoms. The summed E-state index contributed by atoms with van der Waals surface area (Å²) in [4.78, 5) is 21.2. The van der Waals surface area contributed by atoms with Crippen LogP contribution in [0.3, 0.4) is 0 Å². The van der Waals surface area contributed by atoms with E-state index in [0.29, 0.717) is 24.7 Å². The fourth-order valence-electron chi connectivity index (χ4n) is 3.10. The van der Waals surface area contributed by atoms with Gasteiger partial charge in [0.2, 0.25) is 0 Å². The number of carbonyl (C=O) groups excluding carboxylic acids is 1. The highest BCUT2D eigenvalue weighted by Crippen LogP contribution is 2.25. The molecule has 130 valence electrons. The van der Waals surface area contributed by atoms with Crippen LogP contribution in [0.2, 0.25) is 0 Å². The number of hydrogen-bond acceptors (Lipinski definition) is 6. The average molecular weight is 341 g/mol. The molecule has 0 unspecified atom stereocenters. The first-order valence-corrected chi connectivity index (χ1v) is 8.15. The van der Waals surface area contributed by atoms with Gasteiger partial charge in [-0.15, -0.1) is 5.10 Å². The number of aromatic nitrogens is 5. The smallest absolute Gasteiger partial charge is 0.264 e. The van der Waals surface area contributed by atoms with E-state index in [9.17, 15) is 4.79 Å². The largest absolute Gasteiger partial charge is 0.381 e. The van der Waals surface area contributed by atoms with Crippen molar-refractivity contribution in [1.29, 1.82) is 0 Å². The number of fused-ring (bicyclic) bond motifs is 1. The van der Waals surface area contributed by atoms with E-state index >= 15 is 0 Å². The Kier molecular flexibility index (Phi) is 3.85. The molecule has 1 fully saturated rings. The van der Waals surface area contributed by atoms with Gasteiger partial charge in [0.1, 0.15) is 11.4 Å². The normalized spacial score (nSPS) is 15.6. The van der Waals surface area contributed by atoms with Crippen LogP contribution in [0.4, 0.5) is 11.6 Å². The molecule has 0 aliphatic carbocycles. The van der Waals surface area contributed by atoms with Gasteiger partial charge < -0.3 is 20.4 Å². The van der Waals surface area contributed by atoms with Crippen molar-refractivity contribution < 1.29 is 9.53 Å². The molecule has 1 saturated heterocycles. The molecule has 4 heterocycles. The third-order valence-electron chi connectivity index (χ3n) is 4.35. The van der Waals surface area contributed by atoms with Crippen molar-refractivity contribution in [3.8, 4) is 0 Å². The van der Waals surface area contributed by atoms with Crippen LogP contribution < -0.4 is 11.1 Å². The quantitative estimate of drug-likeness (QED) is 0.745. The van der Waals surface area contributed by atoms with Crippen molar-refractivity contribution in [2.75, 3.05) is 24.3 Å². The Bertz CT molecular complexity index is 924. The minimum Gasteiger partial charge on any atom is -0.381 e. The number of amides is 1. The van der Waals surface area contributed by atoms with E-state index in [1.807, 2.05) is 11.5 Å². The predicted octanol–water partition coefficient (Wildman–Crippen LogP) is 1.42. The molecule has 3 aromatic rings. The number of nitrogens with one attached hydrogen (secondary N) is 1. The Balaban J connectivity index is 1.63. The van der Waals surface area contributed by atoms with Crippen LogP contribution in [0, 0.1) is 6.92 Å². The molecule has 1 aliphatic heterocycles. The Hall–Kier alpha value is -2.94. The number of nitrogens with zero attached hydrogens (tertiary/aromatic N) is 5. The van der Waals surface area contributed by atoms with Gasteiger partial charge in [-0.3, -0.25) is 4.79 Å². The van der Waals surface area contributed by atoms with E-state index in [0.717, 1.165) is 18.4 Å². The van der Waals surface area contributed by atoms with Gasteiger partial charge in [-0.1, -0.05) is 0 Å². The predicted molar refractivity (Wildman–Crippen MR) is 91.4 cm³/mol. The average Bonchev–Trinajstić information content (AvgIpc) is 3.18. The molecule has 1 aliphatic rings. The van der Waals surface area contributed by atoms with E-state index in [4.69, 9.17) is 10.5 Å². The van der Waals surface area contributed by atoms with Crippen molar-refractivity contribution in [3.63, 3.8) is 0 Å². The van der Waals surface area contributed by atoms with E-state index in [1.165, 1.54) is 4.52 Å². The molecule has 1 amide bonds. The standard InChI is InChI=1S/C16H19N7O2/c1-10-6-19-15-13(14(17)21-23(15)8-10)16(24)20-12-7-18-9-22(12)11-2-4-25-5-3-11/h6-9,11H,2-5H2,1H3,(H2,17,21)(H,20,24). The van der Waals surface area contributed by atoms with Crippen LogP contribution in [0.15, 0.2) is 24.9 Å². The highest BCUT2D eigenvalue weighted by molar-refractivity contribution is 6.11. The topological polar surface area (TPSA) is 112 Å². The molecule has 9 nitrogen and oxygen atoms in total. The third-order valence-corrected chi connectivity index (χ3v) is 4.35. The van der Waals surface area contributed by atoms with Crippen LogP contribution in [0.1, 0.15) is 34.8 Å². The van der Waals surface area contributed by atoms with Crippen LogP contribution in [0.5, 0.6) is 0 Å². The van der Waals surface area contributed by atoms with Gasteiger partial charge in [-0.05, 0) is 25.3 Å². The summed E-state index contributed by atoms with van der Waals surface area (Å²) in [6.07, 6.45) is 8.60. The maximum absolute atomic E-state index is 12.8. The fraction of sp³-hybridized carbons (Fsp3) is 0.375. The number of imidazole rings is 1. The summed E-state index contributed by atoms with van der Waals surface area (Å²) in [6, 6.07) is 0.258. The lowest BCUT2D eigenvalue weighted by molar-refractivity contribution is 0.0700. The first-order chi connectivity index (χ1) is 12.1. The molecule has 0 radical (unpaired) electrons. The molecule has 25 heavy (non-hydrogen) atoms. The molecular formula is C16H19N7O2. The molecular weight excluding hydrogens is 322 g/mol. The molecule has 9 heteroatoms. The summed E-state index contributed by atoms with van der Waals surface area (Å²) in [6.45, 7) is 3.32. The van der Waals surface area contributed by atoms with Crippen LogP contribution in [-0.2, 0) is 4.74 Å². The fourth-order valence-corrected chi connectivity index (χ4v) is 3.10. The SMILES string of the molecule is Cc1cnc2c(C(=O)Nc3cncn3C3CCOCC3)c(N)nn2c1. The number of rotatable bonds is 3. The van der Waals surface area contributed by atoms with Gasteiger partial charge in [0.05, 0.1) is 12.5 Å². The minimum absolute atomic E-state index is 0.146. The lowest BCUT2D eigenvalue weighted by Gasteiger charge is -2.24. The lowest BCUT2D eigenvalue weighted by Crippen LogP contribution is -2.22. The van der Waals surface area contributed by atoms with Crippen molar-refractivity contribution in [3.05, 3.63) is 36.0 Å². The summed E-state index contributed by atoms with van der Waals surface area (Å²) in [5.41, 5.74) is 7.56. The lowest BCUT2D eigenvalue weighted by atomic mass is 10.1. The van der Waals surface area contributed by atoms with Crippen molar-refractivity contribution >= 4 is 23.2 Å². The van der Waals surface area contributed by atoms with E-state index in [1.54, 1.807) is 24.9 Å². The maximum atomic E-state index is 12.8. The summed E-state index contributed by atoms with van der Waals surface area (Å²) in [5.74, 6) is 0.424. The Morgan fingerprint density at radius 2 is 2.16 bits per heavy atom. The second-order valence-electron chi connectivity index (χ2n) is 6.14. The number of carbonyl (C=O) groups is 1. The highest BCUT2D eigenvalue weighted by Gasteiger charge is 2.23. The molecule has 3 aromatic heterocycles. The third kappa shape index (κ3) is 2.82. The molecule has 0 aromatic carbocycles. The van der Waals surface area contributed by atoms with Crippen molar-refractivity contribution in [2.45, 2.75) is 25.8 Å². The zero-order valence-electron chi connectivity index (χ0n) is 13.8. The Morgan fingerprint density at radius 3 is 2.96 bits per heavy atom. The summed E-state index contributed by atoms with van der Waals surface area (Å²) < 4.78 is 8.89. The Labute approximate surface area is 143 Å². The van der Waals surface area contributed by atoms with E-state index in [2.05, 4.69) is 20.4 Å². The number of ether oxygens (including phenoxy) is 1. The van der Waals surface area contributed by atoms with Crippen molar-refractivity contribution in [2.24, 2.45) is 0 Å². The number of nitrogen functional groups attached to an aromatic ring is 1. The van der Waals surface area contributed by atoms with Gasteiger partial charge in [0.25, 0.3) is 5.91 Å². The number of hydrogen-bond donors (Lipinski definition) is 2. The monoisotopic (exact) mass is 341 g/mol. The first kappa shape index (κ1) is 15.6. The number of aryl methyl sites for hydroxylation is 1. The zero-order chi connectivity index (χ0) is 17.4. The van der Waals surface area contributed by atoms with Gasteiger partial charge in [-0.2, -0.15) is 0 Å². The number of anilines is 2. The molecule has 0 spiro atoms. The van der Waals surface area contributed by atoms with E-state index in [-0.39, 0.29) is 23.3 Å². The summed E-state index contributed by atoms with van der Waals surface area (Å²) >= 11 is 0. The summed E-state index contributed by atoms with van der Waals surface area (Å²) in [7, 11) is 0. The highest BCUT2D eigenvalue weighted by atomic mass is 16.5. The van der Waals surface area contributed by atoms with Gasteiger partial charge in [0, 0.05) is 31.6 Å². The van der Waals surface area contributed by atoms with Crippen LogP contribution in [-0.4, -0.2) is 43.3 Å². The molecule has 0 atom stereocenters. The number of nitrogens with two attached hydrogens (primary N) is 1. The van der Waals surface area contributed by atoms with E-state index < -0.39 is 0 Å². The first-order valence-electron chi connectivity index (χ1n) is 8.15. The van der Waals surface area contributed by atoms with Gasteiger partial charge in [-0.25, -0.2) is 14.5 Å². The van der Waals surface area contributed by atoms with Gasteiger partial charge in [0.15, 0.2) is 11.5 Å². The van der Waals surface area contributed by atoms with Gasteiger partial charge >= 0.3 is 0 Å². The second-order valence-corrected chi connectivity index (χ2v) is 6.14. The maximum Gasteiger partial charge on any atom is 0.264 e. The zero-order valence-corrected chi connectivity index (χ0v) is 13.8. The molecule has 4 rings (SSSR count). The van der Waals surface area contributed by atoms with Crippen molar-refractivity contribution in [1.82, 2.24) is 24.1 Å². The molecule has 0 saturated carbocycles. The van der Waals surface area contributed by atoms with Crippen LogP contribution >= 0.6 is 0 Å². The Morgan fingerprint density at radius 1 is 1.36 bits per heavy atom. The van der Waals surface area contributed by atoms with Crippen LogP contribution in [0.25, 0.3) is 5.65 Å². The minimum atomic E-state index is -0.349. The molecule has 3 N–H and O–H groups in total. The second kappa shape index (κ2) is 6.17. The summed E-state index contributed by atoms with van der Waals surface area (Å²) in [5, 5.41) is 7.05.